The Bertz CT molecular complexity index is 1020. The molecule has 24 heavy (non-hydrogen) atoms. The Morgan fingerprint density at radius 1 is 1.38 bits per heavy atom. The Hall–Kier alpha value is -2.55. The first kappa shape index (κ1) is 16.3. The zero-order chi connectivity index (χ0) is 17.4. The summed E-state index contributed by atoms with van der Waals surface area (Å²) in [6.07, 6.45) is 1.45. The van der Waals surface area contributed by atoms with E-state index in [0.29, 0.717) is 17.5 Å². The minimum absolute atomic E-state index is 0.0793. The molecule has 0 fully saturated rings. The number of pyridine rings is 1. The molecule has 0 spiro atoms. The minimum atomic E-state index is -1.16. The number of aryl methyl sites for hydroxylation is 1. The van der Waals surface area contributed by atoms with Crippen LogP contribution in [0, 0.1) is 18.3 Å². The highest BCUT2D eigenvalue weighted by Crippen LogP contribution is 2.30. The Labute approximate surface area is 147 Å². The van der Waals surface area contributed by atoms with E-state index >= 15 is 0 Å². The van der Waals surface area contributed by atoms with Gasteiger partial charge in [0.15, 0.2) is 0 Å². The van der Waals surface area contributed by atoms with Crippen LogP contribution in [0.25, 0.3) is 10.9 Å². The molecule has 0 atom stereocenters. The fraction of sp³-hybridized carbons (Fsp3) is 0.118. The molecule has 2 heterocycles. The molecule has 3 aromatic rings. The summed E-state index contributed by atoms with van der Waals surface area (Å²) in [6, 6.07) is 7.63. The number of halogens is 2. The molecule has 0 bridgehead atoms. The highest BCUT2D eigenvalue weighted by atomic mass is 35.5. The SMILES string of the molecule is Cc1cc(C#N)cc2[nH]c(Cc3c(Cl)ncc(C(=O)O)c3Cl)cc12. The fourth-order valence-electron chi connectivity index (χ4n) is 2.64. The van der Waals surface area contributed by atoms with Crippen LogP contribution in [-0.2, 0) is 6.42 Å². The van der Waals surface area contributed by atoms with Crippen LogP contribution in [0.15, 0.2) is 24.4 Å². The van der Waals surface area contributed by atoms with Gasteiger partial charge in [-0.1, -0.05) is 23.2 Å². The molecule has 2 N–H and O–H groups in total. The van der Waals surface area contributed by atoms with Crippen molar-refractivity contribution in [3.63, 3.8) is 0 Å². The molecule has 0 saturated carbocycles. The van der Waals surface area contributed by atoms with Crippen LogP contribution in [0.3, 0.4) is 0 Å². The van der Waals surface area contributed by atoms with E-state index in [1.54, 1.807) is 6.07 Å². The number of fused-ring (bicyclic) bond motifs is 1. The van der Waals surface area contributed by atoms with Crippen LogP contribution in [0.5, 0.6) is 0 Å². The molecule has 3 rings (SSSR count). The first-order chi connectivity index (χ1) is 11.4. The Balaban J connectivity index is 2.08. The lowest BCUT2D eigenvalue weighted by Crippen LogP contribution is -2.03. The van der Waals surface area contributed by atoms with E-state index in [9.17, 15) is 4.79 Å². The quantitative estimate of drug-likeness (QED) is 0.680. The lowest BCUT2D eigenvalue weighted by Gasteiger charge is -2.07. The molecular weight excluding hydrogens is 349 g/mol. The second-order valence-electron chi connectivity index (χ2n) is 5.40. The summed E-state index contributed by atoms with van der Waals surface area (Å²) >= 11 is 12.3. The number of carboxylic acids is 1. The monoisotopic (exact) mass is 359 g/mol. The molecule has 0 amide bonds. The van der Waals surface area contributed by atoms with Crippen LogP contribution < -0.4 is 0 Å². The molecular formula is C17H11Cl2N3O2. The van der Waals surface area contributed by atoms with Crippen LogP contribution in [0.1, 0.15) is 32.7 Å². The Morgan fingerprint density at radius 3 is 2.79 bits per heavy atom. The van der Waals surface area contributed by atoms with Gasteiger partial charge in [0.25, 0.3) is 0 Å². The van der Waals surface area contributed by atoms with Crippen molar-refractivity contribution < 1.29 is 9.90 Å². The Morgan fingerprint density at radius 2 is 2.12 bits per heavy atom. The van der Waals surface area contributed by atoms with Crippen LogP contribution >= 0.6 is 23.2 Å². The molecule has 7 heteroatoms. The van der Waals surface area contributed by atoms with Gasteiger partial charge in [0.05, 0.1) is 22.2 Å². The van der Waals surface area contributed by atoms with Crippen molar-refractivity contribution in [3.8, 4) is 6.07 Å². The van der Waals surface area contributed by atoms with E-state index in [-0.39, 0.29) is 15.7 Å². The average Bonchev–Trinajstić information content (AvgIpc) is 2.94. The standard InChI is InChI=1S/C17H11Cl2N3O2/c1-8-2-9(6-20)3-14-11(8)4-10(22-14)5-12-15(18)13(17(23)24)7-21-16(12)19/h2-4,7,22H,5H2,1H3,(H,23,24). The normalized spacial score (nSPS) is 10.8. The maximum Gasteiger partial charge on any atom is 0.338 e. The molecule has 0 aliphatic rings. The second kappa shape index (κ2) is 6.16. The van der Waals surface area contributed by atoms with E-state index in [1.807, 2.05) is 19.1 Å². The fourth-order valence-corrected chi connectivity index (χ4v) is 3.18. The second-order valence-corrected chi connectivity index (χ2v) is 6.13. The van der Waals surface area contributed by atoms with Gasteiger partial charge in [-0.2, -0.15) is 5.26 Å². The third-order valence-electron chi connectivity index (χ3n) is 3.78. The first-order valence-electron chi connectivity index (χ1n) is 6.99. The van der Waals surface area contributed by atoms with Gasteiger partial charge in [0.1, 0.15) is 5.15 Å². The van der Waals surface area contributed by atoms with Crippen LogP contribution in [0.4, 0.5) is 0 Å². The van der Waals surface area contributed by atoms with Crippen molar-refractivity contribution in [2.75, 3.05) is 0 Å². The lowest BCUT2D eigenvalue weighted by molar-refractivity contribution is 0.0696. The van der Waals surface area contributed by atoms with Gasteiger partial charge in [-0.3, -0.25) is 0 Å². The first-order valence-corrected chi connectivity index (χ1v) is 7.74. The number of aromatic nitrogens is 2. The zero-order valence-electron chi connectivity index (χ0n) is 12.5. The van der Waals surface area contributed by atoms with Crippen molar-refractivity contribution in [1.82, 2.24) is 9.97 Å². The summed E-state index contributed by atoms with van der Waals surface area (Å²) in [6.45, 7) is 1.92. The number of hydrogen-bond acceptors (Lipinski definition) is 3. The number of H-pyrrole nitrogens is 1. The zero-order valence-corrected chi connectivity index (χ0v) is 14.0. The van der Waals surface area contributed by atoms with E-state index in [4.69, 9.17) is 33.6 Å². The van der Waals surface area contributed by atoms with Crippen molar-refractivity contribution in [3.05, 3.63) is 62.5 Å². The Kier molecular flexibility index (Phi) is 4.18. The number of hydrogen-bond donors (Lipinski definition) is 2. The maximum absolute atomic E-state index is 11.2. The number of benzene rings is 1. The number of nitrogens with one attached hydrogen (secondary N) is 1. The van der Waals surface area contributed by atoms with E-state index in [0.717, 1.165) is 28.4 Å². The van der Waals surface area contributed by atoms with Crippen molar-refractivity contribution >= 4 is 40.1 Å². The summed E-state index contributed by atoms with van der Waals surface area (Å²) in [5.74, 6) is -1.16. The number of nitriles is 1. The van der Waals surface area contributed by atoms with Crippen molar-refractivity contribution in [1.29, 1.82) is 5.26 Å². The predicted octanol–water partition coefficient (Wildman–Crippen LogP) is 4.34. The number of aromatic carboxylic acids is 1. The van der Waals surface area contributed by atoms with E-state index < -0.39 is 5.97 Å². The molecule has 0 saturated heterocycles. The van der Waals surface area contributed by atoms with Crippen molar-refractivity contribution in [2.24, 2.45) is 0 Å². The summed E-state index contributed by atoms with van der Waals surface area (Å²) in [4.78, 5) is 18.3. The summed E-state index contributed by atoms with van der Waals surface area (Å²) in [7, 11) is 0. The summed E-state index contributed by atoms with van der Waals surface area (Å²) in [5, 5.41) is 19.4. The predicted molar refractivity (Wildman–Crippen MR) is 91.8 cm³/mol. The summed E-state index contributed by atoms with van der Waals surface area (Å²) in [5.41, 5.74) is 3.53. The third-order valence-corrected chi connectivity index (χ3v) is 4.54. The van der Waals surface area contributed by atoms with Crippen LogP contribution in [0.2, 0.25) is 10.2 Å². The molecule has 5 nitrogen and oxygen atoms in total. The summed E-state index contributed by atoms with van der Waals surface area (Å²) < 4.78 is 0. The molecule has 0 aliphatic heterocycles. The van der Waals surface area contributed by atoms with Gasteiger partial charge >= 0.3 is 5.97 Å². The highest BCUT2D eigenvalue weighted by Gasteiger charge is 2.18. The molecule has 0 radical (unpaired) electrons. The van der Waals surface area contributed by atoms with Gasteiger partial charge in [-0.05, 0) is 30.7 Å². The van der Waals surface area contributed by atoms with Gasteiger partial charge < -0.3 is 10.1 Å². The molecule has 0 aliphatic carbocycles. The lowest BCUT2D eigenvalue weighted by atomic mass is 10.1. The van der Waals surface area contributed by atoms with Crippen LogP contribution in [-0.4, -0.2) is 21.0 Å². The minimum Gasteiger partial charge on any atom is -0.478 e. The highest BCUT2D eigenvalue weighted by molar-refractivity contribution is 6.37. The van der Waals surface area contributed by atoms with Gasteiger partial charge in [0, 0.05) is 34.8 Å². The largest absolute Gasteiger partial charge is 0.478 e. The number of carbonyl (C=O) groups is 1. The number of carboxylic acid groups (broad SMARTS) is 1. The molecule has 0 unspecified atom stereocenters. The van der Waals surface area contributed by atoms with Gasteiger partial charge in [0.2, 0.25) is 0 Å². The molecule has 1 aromatic carbocycles. The number of nitrogens with zero attached hydrogens (tertiary/aromatic N) is 2. The maximum atomic E-state index is 11.2. The molecule has 120 valence electrons. The van der Waals surface area contributed by atoms with Gasteiger partial charge in [-0.25, -0.2) is 9.78 Å². The average molecular weight is 360 g/mol. The topological polar surface area (TPSA) is 89.8 Å². The number of rotatable bonds is 3. The van der Waals surface area contributed by atoms with Gasteiger partial charge in [-0.15, -0.1) is 0 Å². The third kappa shape index (κ3) is 2.82. The number of aromatic amines is 1. The molecule has 2 aromatic heterocycles. The van der Waals surface area contributed by atoms with E-state index in [2.05, 4.69) is 16.0 Å². The smallest absolute Gasteiger partial charge is 0.338 e. The van der Waals surface area contributed by atoms with Crippen molar-refractivity contribution in [2.45, 2.75) is 13.3 Å². The van der Waals surface area contributed by atoms with E-state index in [1.165, 1.54) is 0 Å².